The zero-order valence-corrected chi connectivity index (χ0v) is 31.6. The molecular weight excluding hydrogens is 692 g/mol. The number of nitrogens with one attached hydrogen (secondary N) is 1. The van der Waals surface area contributed by atoms with Gasteiger partial charge in [0, 0.05) is 30.8 Å². The van der Waals surface area contributed by atoms with Crippen molar-refractivity contribution in [2.45, 2.75) is 60.3 Å². The molecular formula is C37H56N12O5. The van der Waals surface area contributed by atoms with Crippen LogP contribution in [0.3, 0.4) is 0 Å². The highest BCUT2D eigenvalue weighted by molar-refractivity contribution is 6.02. The summed E-state index contributed by atoms with van der Waals surface area (Å²) in [5.74, 6) is 4.71. The molecule has 0 radical (unpaired) electrons. The van der Waals surface area contributed by atoms with E-state index in [1.165, 1.54) is 19.5 Å². The number of methoxy groups -OCH3 is 2. The maximum Gasteiger partial charge on any atom is 0.222 e. The molecule has 17 nitrogen and oxygen atoms in total. The Morgan fingerprint density at radius 3 is 1.61 bits per heavy atom. The number of aromatic nitrogens is 4. The Labute approximate surface area is 317 Å². The van der Waals surface area contributed by atoms with Gasteiger partial charge >= 0.3 is 0 Å². The van der Waals surface area contributed by atoms with Crippen LogP contribution in [-0.2, 0) is 0 Å². The summed E-state index contributed by atoms with van der Waals surface area (Å²) in [7, 11) is 4.16. The minimum absolute atomic E-state index is 0. The third kappa shape index (κ3) is 12.5. The lowest BCUT2D eigenvalue weighted by Crippen LogP contribution is -2.20. The maximum atomic E-state index is 9.21. The maximum absolute atomic E-state index is 9.21. The molecule has 294 valence electrons. The Hall–Kier alpha value is -6.12. The summed E-state index contributed by atoms with van der Waals surface area (Å²) >= 11 is 0. The van der Waals surface area contributed by atoms with Gasteiger partial charge in [-0.05, 0) is 43.0 Å². The van der Waals surface area contributed by atoms with Crippen molar-refractivity contribution in [1.29, 1.82) is 5.26 Å². The fourth-order valence-corrected chi connectivity index (χ4v) is 4.61. The smallest absolute Gasteiger partial charge is 0.222 e. The number of nitrogens with zero attached hydrogens (tertiary/aromatic N) is 6. The van der Waals surface area contributed by atoms with Gasteiger partial charge in [-0.3, -0.25) is 4.99 Å². The van der Waals surface area contributed by atoms with Crippen LogP contribution in [-0.4, -0.2) is 71.8 Å². The van der Waals surface area contributed by atoms with Gasteiger partial charge in [-0.1, -0.05) is 42.0 Å². The van der Waals surface area contributed by atoms with Crippen molar-refractivity contribution < 1.29 is 24.1 Å². The number of aliphatic hydroxyl groups excluding tert-OH is 1. The summed E-state index contributed by atoms with van der Waals surface area (Å²) < 4.78 is 22.6. The van der Waals surface area contributed by atoms with Crippen molar-refractivity contribution in [3.05, 3.63) is 58.9 Å². The molecule has 5 rings (SSSR count). The van der Waals surface area contributed by atoms with Crippen molar-refractivity contribution in [2.75, 3.05) is 63.9 Å². The van der Waals surface area contributed by atoms with Gasteiger partial charge in [-0.15, -0.1) is 0 Å². The minimum Gasteiger partial charge on any atom is -0.496 e. The van der Waals surface area contributed by atoms with Crippen LogP contribution in [0.5, 0.6) is 34.5 Å². The molecule has 0 amide bonds. The summed E-state index contributed by atoms with van der Waals surface area (Å²) in [5, 5.41) is 19.5. The van der Waals surface area contributed by atoms with E-state index in [2.05, 4.69) is 57.1 Å². The van der Waals surface area contributed by atoms with Crippen molar-refractivity contribution in [1.82, 2.24) is 25.3 Å². The van der Waals surface area contributed by atoms with E-state index in [1.807, 2.05) is 26.0 Å². The molecule has 1 aliphatic rings. The Morgan fingerprint density at radius 2 is 1.24 bits per heavy atom. The first-order chi connectivity index (χ1) is 25.4. The molecule has 0 saturated carbocycles. The minimum atomic E-state index is 0. The SMILES string of the molecule is C.CCCN.CO.COc1cc(C(C)C)c(Oc2cnc(N)nc2N)cc1C#N.COc1cc(C(C)C)c(Oc2cnc(N)nc2N)cc1C1=NCCN1. The van der Waals surface area contributed by atoms with Crippen LogP contribution in [0.25, 0.3) is 0 Å². The fourth-order valence-electron chi connectivity index (χ4n) is 4.61. The summed E-state index contributed by atoms with van der Waals surface area (Å²) in [5.41, 5.74) is 30.8. The molecule has 0 unspecified atom stereocenters. The van der Waals surface area contributed by atoms with Gasteiger partial charge in [-0.2, -0.15) is 15.2 Å². The number of ether oxygens (including phenoxy) is 4. The van der Waals surface area contributed by atoms with Crippen LogP contribution < -0.4 is 52.9 Å². The lowest BCUT2D eigenvalue weighted by atomic mass is 9.99. The van der Waals surface area contributed by atoms with Crippen LogP contribution >= 0.6 is 0 Å². The molecule has 1 aliphatic heterocycles. The zero-order valence-electron chi connectivity index (χ0n) is 31.6. The van der Waals surface area contributed by atoms with E-state index < -0.39 is 0 Å². The van der Waals surface area contributed by atoms with Gasteiger partial charge in [0.05, 0.1) is 44.3 Å². The highest BCUT2D eigenvalue weighted by atomic mass is 16.5. The second-order valence-corrected chi connectivity index (χ2v) is 11.7. The number of hydrogen-bond acceptors (Lipinski definition) is 17. The van der Waals surface area contributed by atoms with Crippen LogP contribution in [0.2, 0.25) is 0 Å². The van der Waals surface area contributed by atoms with Crippen molar-refractivity contribution in [2.24, 2.45) is 10.7 Å². The van der Waals surface area contributed by atoms with E-state index in [0.29, 0.717) is 28.6 Å². The van der Waals surface area contributed by atoms with Gasteiger partial charge in [-0.25, -0.2) is 9.97 Å². The Kier molecular flexibility index (Phi) is 19.3. The number of nitriles is 1. The molecule has 0 aliphatic carbocycles. The Balaban J connectivity index is 0.000000467. The first-order valence-corrected chi connectivity index (χ1v) is 16.8. The normalized spacial score (nSPS) is 11.1. The summed E-state index contributed by atoms with van der Waals surface area (Å²) in [6.45, 7) is 12.6. The predicted molar refractivity (Wildman–Crippen MR) is 214 cm³/mol. The molecule has 0 spiro atoms. The van der Waals surface area contributed by atoms with Gasteiger partial charge in [0.15, 0.2) is 23.1 Å². The summed E-state index contributed by atoms with van der Waals surface area (Å²) in [4.78, 5) is 20.1. The third-order valence-electron chi connectivity index (χ3n) is 7.29. The topological polar surface area (TPSA) is 287 Å². The molecule has 2 aromatic carbocycles. The van der Waals surface area contributed by atoms with Gasteiger partial charge < -0.3 is 58.0 Å². The number of aliphatic imine (C=N–C) groups is 1. The van der Waals surface area contributed by atoms with E-state index >= 15 is 0 Å². The Morgan fingerprint density at radius 1 is 0.778 bits per heavy atom. The summed E-state index contributed by atoms with van der Waals surface area (Å²) in [6.07, 6.45) is 3.97. The number of aliphatic hydroxyl groups is 1. The average molecular weight is 749 g/mol. The number of rotatable bonds is 10. The number of anilines is 4. The van der Waals surface area contributed by atoms with E-state index in [1.54, 1.807) is 19.2 Å². The first kappa shape index (κ1) is 45.9. The standard InChI is InChI=1S/C17H22N6O2.C15H17N5O2.C3H9N.CH4O.CH4/c1-9(2)10-6-12(24-3)11(16-20-4-5-21-16)7-13(10)25-14-8-22-17(19)23-15(14)18;1-8(2)10-5-11(21-3)9(6-16)4-12(10)22-13-7-19-15(18)20-14(13)17;1-2-3-4;1-2;/h6-9H,4-5H2,1-3H3,(H,20,21)(H4,18,19,22,23);4-5,7-8H,1-3H3,(H4,17,18,19,20);2-4H2,1H3;2H,1H3;1H4. The highest BCUT2D eigenvalue weighted by Gasteiger charge is 2.21. The quantitative estimate of drug-likeness (QED) is 0.113. The molecule has 0 saturated heterocycles. The van der Waals surface area contributed by atoms with E-state index in [-0.39, 0.29) is 48.5 Å². The molecule has 2 aromatic heterocycles. The van der Waals surface area contributed by atoms with Crippen LogP contribution in [0.15, 0.2) is 41.7 Å². The molecule has 12 N–H and O–H groups in total. The predicted octanol–water partition coefficient (Wildman–Crippen LogP) is 4.95. The molecule has 0 fully saturated rings. The molecule has 3 heterocycles. The van der Waals surface area contributed by atoms with E-state index in [4.69, 9.17) is 52.7 Å². The second kappa shape index (κ2) is 22.7. The molecule has 0 atom stereocenters. The molecule has 54 heavy (non-hydrogen) atoms. The van der Waals surface area contributed by atoms with Gasteiger partial charge in [0.2, 0.25) is 11.9 Å². The first-order valence-electron chi connectivity index (χ1n) is 16.8. The molecule has 0 bridgehead atoms. The lowest BCUT2D eigenvalue weighted by Gasteiger charge is -2.18. The zero-order chi connectivity index (χ0) is 39.7. The lowest BCUT2D eigenvalue weighted by molar-refractivity contribution is 0.399. The van der Waals surface area contributed by atoms with Crippen LogP contribution in [0, 0.1) is 11.3 Å². The van der Waals surface area contributed by atoms with Crippen molar-refractivity contribution in [3.63, 3.8) is 0 Å². The number of amidine groups is 1. The number of hydrogen-bond donors (Lipinski definition) is 7. The van der Waals surface area contributed by atoms with Crippen molar-refractivity contribution >= 4 is 29.4 Å². The molecule has 17 heteroatoms. The number of nitrogen functional groups attached to an aromatic ring is 4. The van der Waals surface area contributed by atoms with Crippen LogP contribution in [0.4, 0.5) is 23.5 Å². The monoisotopic (exact) mass is 748 g/mol. The third-order valence-corrected chi connectivity index (χ3v) is 7.29. The Bertz CT molecular complexity index is 1860. The molecule has 4 aromatic rings. The number of benzene rings is 2. The van der Waals surface area contributed by atoms with Gasteiger partial charge in [0.25, 0.3) is 0 Å². The second-order valence-electron chi connectivity index (χ2n) is 11.7. The van der Waals surface area contributed by atoms with E-state index in [0.717, 1.165) is 61.4 Å². The average Bonchev–Trinajstić information content (AvgIpc) is 3.69. The van der Waals surface area contributed by atoms with Crippen molar-refractivity contribution in [3.8, 4) is 40.6 Å². The van der Waals surface area contributed by atoms with E-state index in [9.17, 15) is 5.26 Å². The van der Waals surface area contributed by atoms with Crippen LogP contribution in [0.1, 0.15) is 82.6 Å². The largest absolute Gasteiger partial charge is 0.496 e. The highest BCUT2D eigenvalue weighted by Crippen LogP contribution is 2.39. The summed E-state index contributed by atoms with van der Waals surface area (Å²) in [6, 6.07) is 9.34. The number of nitrogens with two attached hydrogens (primary N) is 5. The van der Waals surface area contributed by atoms with Gasteiger partial charge in [0.1, 0.15) is 34.9 Å². The fraction of sp³-hybridized carbons (Fsp3) is 0.405.